The highest BCUT2D eigenvalue weighted by Crippen LogP contribution is 2.19. The zero-order chi connectivity index (χ0) is 13.0. The lowest BCUT2D eigenvalue weighted by Crippen LogP contribution is -2.29. The quantitative estimate of drug-likeness (QED) is 0.587. The zero-order valence-corrected chi connectivity index (χ0v) is 9.87. The van der Waals surface area contributed by atoms with E-state index in [1.54, 1.807) is 17.0 Å². The van der Waals surface area contributed by atoms with Crippen molar-refractivity contribution in [2.75, 3.05) is 19.7 Å². The zero-order valence-electron chi connectivity index (χ0n) is 9.87. The standard InChI is InChI=1S/C12H14N2O4/c15-12-5-2-6-13(12)7-8-18-11-4-1-3-10(9-11)14(16)17/h1,3-4,9H,2,5-8H2. The molecule has 0 saturated carbocycles. The Kier molecular flexibility index (Phi) is 3.76. The van der Waals surface area contributed by atoms with Gasteiger partial charge in [-0.05, 0) is 12.5 Å². The van der Waals surface area contributed by atoms with Crippen LogP contribution in [0.2, 0.25) is 0 Å². The lowest BCUT2D eigenvalue weighted by Gasteiger charge is -2.15. The molecule has 1 fully saturated rings. The Morgan fingerprint density at radius 2 is 2.28 bits per heavy atom. The summed E-state index contributed by atoms with van der Waals surface area (Å²) in [6.45, 7) is 1.66. The molecule has 2 rings (SSSR count). The minimum Gasteiger partial charge on any atom is -0.491 e. The van der Waals surface area contributed by atoms with Crippen LogP contribution in [0.4, 0.5) is 5.69 Å². The van der Waals surface area contributed by atoms with Gasteiger partial charge in [0.25, 0.3) is 5.69 Å². The molecule has 6 heteroatoms. The van der Waals surface area contributed by atoms with Crippen LogP contribution in [0.15, 0.2) is 24.3 Å². The summed E-state index contributed by atoms with van der Waals surface area (Å²) in [5.74, 6) is 0.605. The van der Waals surface area contributed by atoms with Crippen LogP contribution in [-0.4, -0.2) is 35.4 Å². The summed E-state index contributed by atoms with van der Waals surface area (Å²) >= 11 is 0. The van der Waals surface area contributed by atoms with E-state index in [9.17, 15) is 14.9 Å². The number of ether oxygens (including phenoxy) is 1. The number of amides is 1. The monoisotopic (exact) mass is 250 g/mol. The van der Waals surface area contributed by atoms with Gasteiger partial charge in [0.1, 0.15) is 12.4 Å². The number of likely N-dealkylation sites (tertiary alicyclic amines) is 1. The molecule has 6 nitrogen and oxygen atoms in total. The molecule has 0 spiro atoms. The van der Waals surface area contributed by atoms with Crippen molar-refractivity contribution in [2.45, 2.75) is 12.8 Å². The molecule has 1 aromatic carbocycles. The Bertz CT molecular complexity index is 461. The van der Waals surface area contributed by atoms with Crippen LogP contribution in [0, 0.1) is 10.1 Å². The fraction of sp³-hybridized carbons (Fsp3) is 0.417. The van der Waals surface area contributed by atoms with Gasteiger partial charge in [0.2, 0.25) is 5.91 Å². The molecule has 1 saturated heterocycles. The first-order valence-electron chi connectivity index (χ1n) is 5.82. The second kappa shape index (κ2) is 5.48. The van der Waals surface area contributed by atoms with Gasteiger partial charge in [-0.15, -0.1) is 0 Å². The van der Waals surface area contributed by atoms with E-state index in [-0.39, 0.29) is 11.6 Å². The molecule has 0 unspecified atom stereocenters. The van der Waals surface area contributed by atoms with Gasteiger partial charge >= 0.3 is 0 Å². The minimum absolute atomic E-state index is 0.00440. The van der Waals surface area contributed by atoms with Crippen molar-refractivity contribution < 1.29 is 14.5 Å². The molecule has 96 valence electrons. The second-order valence-corrected chi connectivity index (χ2v) is 4.09. The number of hydrogen-bond acceptors (Lipinski definition) is 4. The number of carbonyl (C=O) groups excluding carboxylic acids is 1. The first kappa shape index (κ1) is 12.3. The molecule has 0 N–H and O–H groups in total. The maximum Gasteiger partial charge on any atom is 0.273 e. The van der Waals surface area contributed by atoms with Crippen molar-refractivity contribution in [3.8, 4) is 5.75 Å². The highest BCUT2D eigenvalue weighted by atomic mass is 16.6. The average molecular weight is 250 g/mol. The van der Waals surface area contributed by atoms with E-state index >= 15 is 0 Å². The second-order valence-electron chi connectivity index (χ2n) is 4.09. The Labute approximate surface area is 104 Å². The molecule has 1 amide bonds. The molecule has 1 aliphatic rings. The van der Waals surface area contributed by atoms with Crippen LogP contribution in [0.1, 0.15) is 12.8 Å². The van der Waals surface area contributed by atoms with Crippen molar-refractivity contribution in [3.05, 3.63) is 34.4 Å². The summed E-state index contributed by atoms with van der Waals surface area (Å²) in [4.78, 5) is 23.2. The Morgan fingerprint density at radius 1 is 1.44 bits per heavy atom. The number of nitro groups is 1. The SMILES string of the molecule is O=C1CCCN1CCOc1cccc([N+](=O)[O-])c1. The Hall–Kier alpha value is -2.11. The summed E-state index contributed by atoms with van der Waals surface area (Å²) in [6, 6.07) is 6.04. The third kappa shape index (κ3) is 2.97. The van der Waals surface area contributed by atoms with Gasteiger partial charge in [-0.2, -0.15) is 0 Å². The lowest BCUT2D eigenvalue weighted by atomic mass is 10.3. The van der Waals surface area contributed by atoms with E-state index in [2.05, 4.69) is 0 Å². The Balaban J connectivity index is 1.84. The largest absolute Gasteiger partial charge is 0.491 e. The number of nitro benzene ring substituents is 1. The molecule has 1 heterocycles. The molecular formula is C12H14N2O4. The normalized spacial score (nSPS) is 14.9. The van der Waals surface area contributed by atoms with E-state index < -0.39 is 4.92 Å². The van der Waals surface area contributed by atoms with Gasteiger partial charge in [0, 0.05) is 19.0 Å². The van der Waals surface area contributed by atoms with E-state index in [1.807, 2.05) is 0 Å². The van der Waals surface area contributed by atoms with Crippen molar-refractivity contribution in [1.29, 1.82) is 0 Å². The van der Waals surface area contributed by atoms with Crippen molar-refractivity contribution >= 4 is 11.6 Å². The third-order valence-corrected chi connectivity index (χ3v) is 2.83. The van der Waals surface area contributed by atoms with Gasteiger partial charge in [0.05, 0.1) is 17.5 Å². The van der Waals surface area contributed by atoms with Crippen LogP contribution in [0.5, 0.6) is 5.75 Å². The van der Waals surface area contributed by atoms with Gasteiger partial charge in [-0.25, -0.2) is 0 Å². The van der Waals surface area contributed by atoms with Crippen LogP contribution in [0.25, 0.3) is 0 Å². The average Bonchev–Trinajstić information content (AvgIpc) is 2.76. The third-order valence-electron chi connectivity index (χ3n) is 2.83. The summed E-state index contributed by atoms with van der Waals surface area (Å²) in [6.07, 6.45) is 1.51. The van der Waals surface area contributed by atoms with Crippen LogP contribution in [0.3, 0.4) is 0 Å². The number of rotatable bonds is 5. The van der Waals surface area contributed by atoms with Crippen LogP contribution < -0.4 is 4.74 Å². The number of benzene rings is 1. The molecule has 0 aliphatic carbocycles. The van der Waals surface area contributed by atoms with Crippen LogP contribution >= 0.6 is 0 Å². The highest BCUT2D eigenvalue weighted by molar-refractivity contribution is 5.78. The maximum absolute atomic E-state index is 11.3. The Morgan fingerprint density at radius 3 is 2.94 bits per heavy atom. The number of hydrogen-bond donors (Lipinski definition) is 0. The van der Waals surface area contributed by atoms with Crippen LogP contribution in [-0.2, 0) is 4.79 Å². The lowest BCUT2D eigenvalue weighted by molar-refractivity contribution is -0.384. The highest BCUT2D eigenvalue weighted by Gasteiger charge is 2.19. The van der Waals surface area contributed by atoms with Gasteiger partial charge < -0.3 is 9.64 Å². The molecule has 18 heavy (non-hydrogen) atoms. The van der Waals surface area contributed by atoms with Gasteiger partial charge in [-0.3, -0.25) is 14.9 Å². The molecule has 0 radical (unpaired) electrons. The summed E-state index contributed by atoms with van der Waals surface area (Å²) < 4.78 is 5.41. The molecule has 1 aliphatic heterocycles. The first-order valence-corrected chi connectivity index (χ1v) is 5.82. The van der Waals surface area contributed by atoms with Crippen molar-refractivity contribution in [3.63, 3.8) is 0 Å². The number of non-ortho nitro benzene ring substituents is 1. The summed E-state index contributed by atoms with van der Waals surface area (Å²) in [5.41, 5.74) is 0.00440. The minimum atomic E-state index is -0.461. The molecule has 1 aromatic rings. The molecular weight excluding hydrogens is 236 g/mol. The fourth-order valence-electron chi connectivity index (χ4n) is 1.90. The van der Waals surface area contributed by atoms with Gasteiger partial charge in [-0.1, -0.05) is 6.07 Å². The van der Waals surface area contributed by atoms with E-state index in [4.69, 9.17) is 4.74 Å². The van der Waals surface area contributed by atoms with E-state index in [0.29, 0.717) is 25.3 Å². The fourth-order valence-corrected chi connectivity index (χ4v) is 1.90. The topological polar surface area (TPSA) is 72.7 Å². The predicted octanol–water partition coefficient (Wildman–Crippen LogP) is 1.60. The number of carbonyl (C=O) groups is 1. The molecule has 0 aromatic heterocycles. The summed E-state index contributed by atoms with van der Waals surface area (Å²) in [5, 5.41) is 10.6. The van der Waals surface area contributed by atoms with E-state index in [0.717, 1.165) is 13.0 Å². The number of nitrogens with zero attached hydrogens (tertiary/aromatic N) is 2. The van der Waals surface area contributed by atoms with Gasteiger partial charge in [0.15, 0.2) is 0 Å². The smallest absolute Gasteiger partial charge is 0.273 e. The predicted molar refractivity (Wildman–Crippen MR) is 64.4 cm³/mol. The van der Waals surface area contributed by atoms with Crippen molar-refractivity contribution in [1.82, 2.24) is 4.90 Å². The van der Waals surface area contributed by atoms with E-state index in [1.165, 1.54) is 12.1 Å². The molecule has 0 bridgehead atoms. The first-order chi connectivity index (χ1) is 8.66. The van der Waals surface area contributed by atoms with Crippen molar-refractivity contribution in [2.24, 2.45) is 0 Å². The maximum atomic E-state index is 11.3. The molecule has 0 atom stereocenters. The summed E-state index contributed by atoms with van der Waals surface area (Å²) in [7, 11) is 0.